The molecule has 0 saturated heterocycles. The van der Waals surface area contributed by atoms with E-state index in [2.05, 4.69) is 11.2 Å². The van der Waals surface area contributed by atoms with Crippen molar-refractivity contribution in [2.24, 2.45) is 0 Å². The van der Waals surface area contributed by atoms with E-state index in [-0.39, 0.29) is 17.6 Å². The van der Waals surface area contributed by atoms with E-state index in [1.54, 1.807) is 4.57 Å². The molecule has 0 aliphatic rings. The topological polar surface area (TPSA) is 77.2 Å². The first-order chi connectivity index (χ1) is 9.53. The quantitative estimate of drug-likeness (QED) is 0.472. The van der Waals surface area contributed by atoms with Gasteiger partial charge in [0.25, 0.3) is 11.6 Å². The summed E-state index contributed by atoms with van der Waals surface area (Å²) in [5, 5.41) is 13.6. The molecule has 6 nitrogen and oxygen atoms in total. The molecule has 0 spiro atoms. The maximum Gasteiger partial charge on any atom is 0.287 e. The number of carbonyl (C=O) groups excluding carboxylic acids is 1. The zero-order chi connectivity index (χ0) is 15.1. The van der Waals surface area contributed by atoms with Crippen LogP contribution in [0.25, 0.3) is 0 Å². The zero-order valence-corrected chi connectivity index (χ0v) is 11.8. The first-order valence-corrected chi connectivity index (χ1v) is 6.62. The molecule has 0 saturated carbocycles. The second-order valence-corrected chi connectivity index (χ2v) is 4.52. The number of carbonyl (C=O) groups is 1. The molecule has 0 fully saturated rings. The lowest BCUT2D eigenvalue weighted by Crippen LogP contribution is -2.35. The Morgan fingerprint density at radius 1 is 1.60 bits per heavy atom. The summed E-state index contributed by atoms with van der Waals surface area (Å²) in [6.45, 7) is 4.43. The molecule has 0 radical (unpaired) electrons. The normalized spacial score (nSPS) is 11.7. The first-order valence-electron chi connectivity index (χ1n) is 6.62. The Bertz CT molecular complexity index is 528. The van der Waals surface area contributed by atoms with Gasteiger partial charge in [-0.25, -0.2) is 0 Å². The highest BCUT2D eigenvalue weighted by Gasteiger charge is 2.20. The molecule has 108 valence electrons. The molecule has 1 rings (SSSR count). The van der Waals surface area contributed by atoms with Gasteiger partial charge >= 0.3 is 0 Å². The highest BCUT2D eigenvalue weighted by Crippen LogP contribution is 2.17. The van der Waals surface area contributed by atoms with E-state index in [0.717, 1.165) is 6.42 Å². The van der Waals surface area contributed by atoms with Crippen molar-refractivity contribution in [1.29, 1.82) is 0 Å². The summed E-state index contributed by atoms with van der Waals surface area (Å²) in [7, 11) is 0. The summed E-state index contributed by atoms with van der Waals surface area (Å²) in [6, 6.07) is 1.18. The number of aryl methyl sites for hydroxylation is 1. The van der Waals surface area contributed by atoms with Crippen LogP contribution in [0.5, 0.6) is 0 Å². The van der Waals surface area contributed by atoms with Gasteiger partial charge in [0.15, 0.2) is 0 Å². The van der Waals surface area contributed by atoms with Crippen LogP contribution < -0.4 is 5.32 Å². The molecule has 6 heteroatoms. The largest absolute Gasteiger partial charge is 0.347 e. The number of aromatic nitrogens is 1. The summed E-state index contributed by atoms with van der Waals surface area (Å²) < 4.78 is 1.61. The van der Waals surface area contributed by atoms with Crippen LogP contribution in [0.1, 0.15) is 43.6 Å². The van der Waals surface area contributed by atoms with Crippen molar-refractivity contribution < 1.29 is 9.72 Å². The van der Waals surface area contributed by atoms with Gasteiger partial charge in [-0.15, -0.1) is 12.3 Å². The highest BCUT2D eigenvalue weighted by atomic mass is 16.6. The van der Waals surface area contributed by atoms with E-state index < -0.39 is 4.92 Å². The monoisotopic (exact) mass is 277 g/mol. The van der Waals surface area contributed by atoms with Gasteiger partial charge in [-0.1, -0.05) is 13.8 Å². The maximum atomic E-state index is 12.2. The maximum absolute atomic E-state index is 12.2. The van der Waals surface area contributed by atoms with Crippen molar-refractivity contribution >= 4 is 11.6 Å². The third kappa shape index (κ3) is 3.85. The van der Waals surface area contributed by atoms with Gasteiger partial charge in [0.2, 0.25) is 0 Å². The van der Waals surface area contributed by atoms with Gasteiger partial charge in [-0.3, -0.25) is 14.9 Å². The van der Waals surface area contributed by atoms with E-state index >= 15 is 0 Å². The van der Waals surface area contributed by atoms with Crippen molar-refractivity contribution in [2.45, 2.75) is 45.7 Å². The van der Waals surface area contributed by atoms with Crippen molar-refractivity contribution in [1.82, 2.24) is 9.88 Å². The molecule has 0 bridgehead atoms. The Balaban J connectivity index is 2.96. The van der Waals surface area contributed by atoms with Gasteiger partial charge in [0.05, 0.1) is 11.1 Å². The lowest BCUT2D eigenvalue weighted by atomic mass is 10.1. The van der Waals surface area contributed by atoms with E-state index in [4.69, 9.17) is 6.42 Å². The van der Waals surface area contributed by atoms with Crippen molar-refractivity contribution in [3.05, 3.63) is 28.1 Å². The molecule has 1 amide bonds. The summed E-state index contributed by atoms with van der Waals surface area (Å²) >= 11 is 0. The Kier molecular flexibility index (Phi) is 5.78. The van der Waals surface area contributed by atoms with Gasteiger partial charge in [0, 0.05) is 25.1 Å². The molecular weight excluding hydrogens is 258 g/mol. The minimum Gasteiger partial charge on any atom is -0.347 e. The third-order valence-electron chi connectivity index (χ3n) is 2.98. The first kappa shape index (κ1) is 15.8. The van der Waals surface area contributed by atoms with Crippen LogP contribution in [0.3, 0.4) is 0 Å². The number of hydrogen-bond acceptors (Lipinski definition) is 3. The molecular formula is C14H19N3O3. The smallest absolute Gasteiger partial charge is 0.287 e. The summed E-state index contributed by atoms with van der Waals surface area (Å²) in [4.78, 5) is 22.5. The van der Waals surface area contributed by atoms with Crippen LogP contribution in [-0.4, -0.2) is 21.4 Å². The number of hydrogen-bond donors (Lipinski definition) is 1. The van der Waals surface area contributed by atoms with Crippen LogP contribution in [0.15, 0.2) is 12.3 Å². The average Bonchev–Trinajstić information content (AvgIpc) is 2.83. The van der Waals surface area contributed by atoms with Crippen molar-refractivity contribution in [3.63, 3.8) is 0 Å². The molecule has 1 aromatic heterocycles. The summed E-state index contributed by atoms with van der Waals surface area (Å²) in [6.07, 6.45) is 8.58. The molecule has 1 unspecified atom stereocenters. The second-order valence-electron chi connectivity index (χ2n) is 4.52. The molecule has 0 aliphatic heterocycles. The second kappa shape index (κ2) is 7.34. The van der Waals surface area contributed by atoms with Gasteiger partial charge in [-0.2, -0.15) is 0 Å². The molecule has 20 heavy (non-hydrogen) atoms. The fraction of sp³-hybridized carbons (Fsp3) is 0.500. The van der Waals surface area contributed by atoms with Gasteiger partial charge < -0.3 is 9.88 Å². The Labute approximate surface area is 118 Å². The van der Waals surface area contributed by atoms with Gasteiger partial charge in [0.1, 0.15) is 5.69 Å². The standard InChI is InChI=1S/C14H19N3O3/c1-4-7-11(6-3)15-14(18)13-9-12(17(19)20)10-16(13)8-5-2/h1,9-11H,5-8H2,2-3H3,(H,15,18). The van der Waals surface area contributed by atoms with E-state index in [1.165, 1.54) is 12.3 Å². The van der Waals surface area contributed by atoms with Gasteiger partial charge in [-0.05, 0) is 12.8 Å². The predicted octanol–water partition coefficient (Wildman–Crippen LogP) is 2.34. The molecule has 1 N–H and O–H groups in total. The van der Waals surface area contributed by atoms with Crippen LogP contribution in [-0.2, 0) is 6.54 Å². The highest BCUT2D eigenvalue weighted by molar-refractivity contribution is 5.93. The minimum absolute atomic E-state index is 0.0754. The van der Waals surface area contributed by atoms with Crippen LogP contribution in [0.4, 0.5) is 5.69 Å². The fourth-order valence-electron chi connectivity index (χ4n) is 1.91. The van der Waals surface area contributed by atoms with Crippen LogP contribution in [0, 0.1) is 22.5 Å². The zero-order valence-electron chi connectivity index (χ0n) is 11.8. The van der Waals surface area contributed by atoms with Crippen molar-refractivity contribution in [3.8, 4) is 12.3 Å². The predicted molar refractivity (Wildman–Crippen MR) is 76.4 cm³/mol. The number of amides is 1. The summed E-state index contributed by atoms with van der Waals surface area (Å²) in [5.74, 6) is 2.18. The SMILES string of the molecule is C#CCC(CC)NC(=O)c1cc([N+](=O)[O-])cn1CCC. The third-order valence-corrected chi connectivity index (χ3v) is 2.98. The lowest BCUT2D eigenvalue weighted by Gasteiger charge is -2.15. The Morgan fingerprint density at radius 2 is 2.30 bits per heavy atom. The molecule has 1 atom stereocenters. The number of nitro groups is 1. The molecule has 1 aromatic rings. The van der Waals surface area contributed by atoms with E-state index in [9.17, 15) is 14.9 Å². The number of rotatable bonds is 7. The number of nitrogens with one attached hydrogen (secondary N) is 1. The minimum atomic E-state index is -0.498. The number of nitrogens with zero attached hydrogens (tertiary/aromatic N) is 2. The van der Waals surface area contributed by atoms with Crippen molar-refractivity contribution in [2.75, 3.05) is 0 Å². The Hall–Kier alpha value is -2.29. The number of terminal acetylenes is 1. The molecule has 0 aliphatic carbocycles. The molecule has 0 aromatic carbocycles. The van der Waals surface area contributed by atoms with Crippen LogP contribution >= 0.6 is 0 Å². The van der Waals surface area contributed by atoms with Crippen LogP contribution in [0.2, 0.25) is 0 Å². The van der Waals surface area contributed by atoms with E-state index in [1.807, 2.05) is 13.8 Å². The van der Waals surface area contributed by atoms with E-state index in [0.29, 0.717) is 25.1 Å². The summed E-state index contributed by atoms with van der Waals surface area (Å²) in [5.41, 5.74) is 0.225. The lowest BCUT2D eigenvalue weighted by molar-refractivity contribution is -0.384. The molecule has 1 heterocycles. The Morgan fingerprint density at radius 3 is 2.80 bits per heavy atom. The average molecular weight is 277 g/mol. The fourth-order valence-corrected chi connectivity index (χ4v) is 1.91.